The van der Waals surface area contributed by atoms with Crippen molar-refractivity contribution in [1.82, 2.24) is 14.5 Å². The monoisotopic (exact) mass is 461 g/mol. The van der Waals surface area contributed by atoms with Gasteiger partial charge in [-0.25, -0.2) is 4.98 Å². The van der Waals surface area contributed by atoms with Gasteiger partial charge >= 0.3 is 0 Å². The molecule has 2 heterocycles. The Morgan fingerprint density at radius 2 is 1.74 bits per heavy atom. The molecule has 1 amide bonds. The molecule has 3 aromatic rings. The zero-order chi connectivity index (χ0) is 24.1. The van der Waals surface area contributed by atoms with E-state index < -0.39 is 17.7 Å². The summed E-state index contributed by atoms with van der Waals surface area (Å²) < 4.78 is 12.6. The van der Waals surface area contributed by atoms with Gasteiger partial charge in [0, 0.05) is 31.0 Å². The highest BCUT2D eigenvalue weighted by Crippen LogP contribution is 2.40. The molecule has 1 aliphatic rings. The number of methoxy groups -OCH3 is 1. The smallest absolute Gasteiger partial charge is 0.295 e. The van der Waals surface area contributed by atoms with Crippen LogP contribution < -0.4 is 9.47 Å². The second-order valence-corrected chi connectivity index (χ2v) is 7.88. The number of hydrogen-bond acceptors (Lipinski definition) is 6. The molecular formula is C26H27N3O5. The number of aliphatic hydroxyl groups is 1. The van der Waals surface area contributed by atoms with Crippen LogP contribution in [0.3, 0.4) is 0 Å². The van der Waals surface area contributed by atoms with Crippen LogP contribution in [0.5, 0.6) is 11.5 Å². The van der Waals surface area contributed by atoms with Crippen LogP contribution in [0.15, 0.2) is 72.8 Å². The summed E-state index contributed by atoms with van der Waals surface area (Å²) in [4.78, 5) is 31.8. The lowest BCUT2D eigenvalue weighted by Gasteiger charge is -2.25. The molecule has 1 atom stereocenters. The maximum atomic E-state index is 13.1. The molecule has 1 aliphatic heterocycles. The molecule has 8 heteroatoms. The average Bonchev–Trinajstić information content (AvgIpc) is 3.47. The van der Waals surface area contributed by atoms with Gasteiger partial charge in [0.05, 0.1) is 31.7 Å². The summed E-state index contributed by atoms with van der Waals surface area (Å²) in [7, 11) is 1.55. The van der Waals surface area contributed by atoms with Crippen molar-refractivity contribution in [2.75, 3.05) is 20.3 Å². The number of Topliss-reactive ketones (excluding diaryl/α,β-unsaturated/α-hetero) is 1. The Labute approximate surface area is 198 Å². The molecule has 1 unspecified atom stereocenters. The van der Waals surface area contributed by atoms with Gasteiger partial charge < -0.3 is 24.0 Å². The summed E-state index contributed by atoms with van der Waals surface area (Å²) in [6.45, 7) is 3.43. The van der Waals surface area contributed by atoms with Crippen molar-refractivity contribution in [3.8, 4) is 11.5 Å². The standard InChI is InChI=1S/C26H27N3O5/c1-3-34-21-11-5-18(6-12-21)23-22(24(30)19-7-9-20(33-2)10-8-19)25(31)26(32)29(23)15-4-14-28-16-13-27-17-28/h5-13,16-17,23,30H,3-4,14-15H2,1-2H3/b24-22+. The molecule has 1 fully saturated rings. The number of aliphatic hydroxyl groups excluding tert-OH is 1. The van der Waals surface area contributed by atoms with Crippen molar-refractivity contribution in [2.45, 2.75) is 25.9 Å². The van der Waals surface area contributed by atoms with Crippen LogP contribution in [-0.4, -0.2) is 51.5 Å². The zero-order valence-corrected chi connectivity index (χ0v) is 19.2. The molecule has 2 aromatic carbocycles. The fraction of sp³-hybridized carbons (Fsp3) is 0.269. The van der Waals surface area contributed by atoms with Crippen LogP contribution in [-0.2, 0) is 16.1 Å². The lowest BCUT2D eigenvalue weighted by Crippen LogP contribution is -2.31. The zero-order valence-electron chi connectivity index (χ0n) is 19.2. The van der Waals surface area contributed by atoms with Crippen LogP contribution in [0.2, 0.25) is 0 Å². The van der Waals surface area contributed by atoms with Crippen LogP contribution in [0.4, 0.5) is 0 Å². The van der Waals surface area contributed by atoms with E-state index in [1.807, 2.05) is 29.8 Å². The molecule has 0 radical (unpaired) electrons. The number of ether oxygens (including phenoxy) is 2. The number of aryl methyl sites for hydroxylation is 1. The van der Waals surface area contributed by atoms with Gasteiger partial charge in [0.2, 0.25) is 0 Å². The molecule has 0 bridgehead atoms. The first-order valence-corrected chi connectivity index (χ1v) is 11.1. The van der Waals surface area contributed by atoms with E-state index in [4.69, 9.17) is 9.47 Å². The molecule has 34 heavy (non-hydrogen) atoms. The summed E-state index contributed by atoms with van der Waals surface area (Å²) in [5.41, 5.74) is 1.23. The largest absolute Gasteiger partial charge is 0.507 e. The van der Waals surface area contributed by atoms with E-state index in [1.165, 1.54) is 4.90 Å². The van der Waals surface area contributed by atoms with Crippen LogP contribution >= 0.6 is 0 Å². The third-order valence-electron chi connectivity index (χ3n) is 5.78. The fourth-order valence-corrected chi connectivity index (χ4v) is 4.12. The summed E-state index contributed by atoms with van der Waals surface area (Å²) in [5, 5.41) is 11.1. The predicted molar refractivity (Wildman–Crippen MR) is 126 cm³/mol. The van der Waals surface area contributed by atoms with Crippen LogP contribution in [0.1, 0.15) is 30.5 Å². The van der Waals surface area contributed by atoms with E-state index in [0.29, 0.717) is 43.2 Å². The molecule has 8 nitrogen and oxygen atoms in total. The van der Waals surface area contributed by atoms with Crippen molar-refractivity contribution in [1.29, 1.82) is 0 Å². The topological polar surface area (TPSA) is 93.9 Å². The second kappa shape index (κ2) is 10.2. The van der Waals surface area contributed by atoms with Crippen molar-refractivity contribution >= 4 is 17.4 Å². The molecule has 4 rings (SSSR count). The number of imidazole rings is 1. The van der Waals surface area contributed by atoms with E-state index >= 15 is 0 Å². The number of likely N-dealkylation sites (tertiary alicyclic amines) is 1. The average molecular weight is 462 g/mol. The number of amides is 1. The van der Waals surface area contributed by atoms with E-state index in [9.17, 15) is 14.7 Å². The number of rotatable bonds is 9. The van der Waals surface area contributed by atoms with E-state index in [1.54, 1.807) is 56.0 Å². The molecular weight excluding hydrogens is 434 g/mol. The third-order valence-corrected chi connectivity index (χ3v) is 5.78. The van der Waals surface area contributed by atoms with Crippen molar-refractivity contribution in [3.05, 3.63) is 84.0 Å². The minimum Gasteiger partial charge on any atom is -0.507 e. The van der Waals surface area contributed by atoms with Crippen molar-refractivity contribution < 1.29 is 24.2 Å². The van der Waals surface area contributed by atoms with Gasteiger partial charge in [-0.3, -0.25) is 9.59 Å². The third kappa shape index (κ3) is 4.66. The van der Waals surface area contributed by atoms with Crippen LogP contribution in [0, 0.1) is 0 Å². The lowest BCUT2D eigenvalue weighted by atomic mass is 9.95. The predicted octanol–water partition coefficient (Wildman–Crippen LogP) is 3.80. The van der Waals surface area contributed by atoms with Gasteiger partial charge in [-0.15, -0.1) is 0 Å². The summed E-state index contributed by atoms with van der Waals surface area (Å²) in [5.74, 6) is -0.218. The first-order valence-electron chi connectivity index (χ1n) is 11.1. The summed E-state index contributed by atoms with van der Waals surface area (Å²) in [6.07, 6.45) is 5.88. The highest BCUT2D eigenvalue weighted by molar-refractivity contribution is 6.46. The fourth-order valence-electron chi connectivity index (χ4n) is 4.12. The molecule has 176 valence electrons. The highest BCUT2D eigenvalue weighted by Gasteiger charge is 2.45. The Morgan fingerprint density at radius 1 is 1.03 bits per heavy atom. The number of hydrogen-bond donors (Lipinski definition) is 1. The SMILES string of the molecule is CCOc1ccc(C2/C(=C(\O)c3ccc(OC)cc3)C(=O)C(=O)N2CCCn2ccnc2)cc1. The van der Waals surface area contributed by atoms with Gasteiger partial charge in [0.1, 0.15) is 17.3 Å². The normalized spacial score (nSPS) is 17.2. The maximum Gasteiger partial charge on any atom is 0.295 e. The van der Waals surface area contributed by atoms with Gasteiger partial charge in [0.15, 0.2) is 0 Å². The summed E-state index contributed by atoms with van der Waals surface area (Å²) in [6, 6.07) is 13.3. The number of ketones is 1. The van der Waals surface area contributed by atoms with Crippen molar-refractivity contribution in [2.24, 2.45) is 0 Å². The minimum atomic E-state index is -0.708. The Hall–Kier alpha value is -4.07. The quantitative estimate of drug-likeness (QED) is 0.296. The number of aromatic nitrogens is 2. The Kier molecular flexibility index (Phi) is 6.96. The number of carbonyl (C=O) groups excluding carboxylic acids is 2. The molecule has 0 saturated carbocycles. The van der Waals surface area contributed by atoms with Gasteiger partial charge in [-0.2, -0.15) is 0 Å². The second-order valence-electron chi connectivity index (χ2n) is 7.88. The Morgan fingerprint density at radius 3 is 2.35 bits per heavy atom. The number of carbonyl (C=O) groups is 2. The van der Waals surface area contributed by atoms with E-state index in [-0.39, 0.29) is 11.3 Å². The lowest BCUT2D eigenvalue weighted by molar-refractivity contribution is -0.139. The number of benzene rings is 2. The molecule has 0 aliphatic carbocycles. The molecule has 1 N–H and O–H groups in total. The van der Waals surface area contributed by atoms with Gasteiger partial charge in [0.25, 0.3) is 11.7 Å². The minimum absolute atomic E-state index is 0.0713. The van der Waals surface area contributed by atoms with E-state index in [2.05, 4.69) is 4.98 Å². The molecule has 1 saturated heterocycles. The molecule has 1 aromatic heterocycles. The number of nitrogens with zero attached hydrogens (tertiary/aromatic N) is 3. The maximum absolute atomic E-state index is 13.1. The summed E-state index contributed by atoms with van der Waals surface area (Å²) >= 11 is 0. The Bertz CT molecular complexity index is 1170. The van der Waals surface area contributed by atoms with Gasteiger partial charge in [-0.05, 0) is 55.3 Å². The highest BCUT2D eigenvalue weighted by atomic mass is 16.5. The van der Waals surface area contributed by atoms with Gasteiger partial charge in [-0.1, -0.05) is 12.1 Å². The van der Waals surface area contributed by atoms with E-state index in [0.717, 1.165) is 5.56 Å². The van der Waals surface area contributed by atoms with Crippen molar-refractivity contribution in [3.63, 3.8) is 0 Å². The van der Waals surface area contributed by atoms with Crippen LogP contribution in [0.25, 0.3) is 5.76 Å². The Balaban J connectivity index is 1.71. The first-order chi connectivity index (χ1) is 16.5. The first kappa shape index (κ1) is 23.1. The molecule has 0 spiro atoms.